The molecule has 6 rings (SSSR count). The average Bonchev–Trinajstić information content (AvgIpc) is 3.34. The number of hydrogen-bond acceptors (Lipinski definition) is 6. The molecule has 0 saturated heterocycles. The number of fused-ring (bicyclic) bond motifs is 7. The molecule has 9 atom stereocenters. The van der Waals surface area contributed by atoms with Crippen LogP contribution in [0.4, 0.5) is 4.79 Å². The molecule has 0 radical (unpaired) electrons. The largest absolute Gasteiger partial charge is 0.481 e. The highest BCUT2D eigenvalue weighted by molar-refractivity contribution is 6.02. The molecule has 3 N–H and O–H groups in total. The third-order valence-electron chi connectivity index (χ3n) is 15.6. The molecule has 2 amide bonds. The minimum absolute atomic E-state index is 0. The number of halogens is 1. The molecule has 1 aromatic rings. The predicted molar refractivity (Wildman–Crippen MR) is 207 cm³/mol. The summed E-state index contributed by atoms with van der Waals surface area (Å²) in [6.07, 6.45) is 9.18. The van der Waals surface area contributed by atoms with Gasteiger partial charge in [0.2, 0.25) is 0 Å². The van der Waals surface area contributed by atoms with Crippen LogP contribution in [0.3, 0.4) is 0 Å². The van der Waals surface area contributed by atoms with Crippen molar-refractivity contribution >= 4 is 36.2 Å². The van der Waals surface area contributed by atoms with E-state index in [1.54, 1.807) is 20.0 Å². The number of carbonyl (C=O) groups excluding carboxylic acids is 3. The summed E-state index contributed by atoms with van der Waals surface area (Å²) in [4.78, 5) is 57.0. The van der Waals surface area contributed by atoms with E-state index < -0.39 is 22.9 Å². The molecule has 294 valence electrons. The lowest BCUT2D eigenvalue weighted by Gasteiger charge is -2.72. The fourth-order valence-electron chi connectivity index (χ4n) is 12.7. The molecule has 10 heteroatoms. The van der Waals surface area contributed by atoms with Crippen LogP contribution < -0.4 is 10.6 Å². The van der Waals surface area contributed by atoms with Crippen molar-refractivity contribution in [2.24, 2.45) is 50.7 Å². The zero-order valence-corrected chi connectivity index (χ0v) is 34.5. The maximum Gasteiger partial charge on any atom is 0.316 e. The zero-order chi connectivity index (χ0) is 38.2. The number of esters is 1. The van der Waals surface area contributed by atoms with Gasteiger partial charge in [-0.1, -0.05) is 54.5 Å². The molecule has 1 aromatic heterocycles. The van der Waals surface area contributed by atoms with E-state index in [-0.39, 0.29) is 76.3 Å². The second kappa shape index (κ2) is 14.0. The maximum atomic E-state index is 14.0. The van der Waals surface area contributed by atoms with E-state index in [4.69, 9.17) is 4.74 Å². The molecule has 4 saturated carbocycles. The molecule has 5 aliphatic rings. The Hall–Kier alpha value is -2.94. The van der Waals surface area contributed by atoms with Gasteiger partial charge in [-0.3, -0.25) is 19.4 Å². The van der Waals surface area contributed by atoms with E-state index in [2.05, 4.69) is 64.1 Å². The average molecular weight is 754 g/mol. The molecule has 5 aliphatic carbocycles. The first-order chi connectivity index (χ1) is 24.1. The number of hydrogen-bond donors (Lipinski definition) is 3. The summed E-state index contributed by atoms with van der Waals surface area (Å²) >= 11 is 0. The minimum atomic E-state index is -1.17. The van der Waals surface area contributed by atoms with Crippen LogP contribution in [0.1, 0.15) is 145 Å². The maximum absolute atomic E-state index is 14.0. The molecule has 1 unspecified atom stereocenters. The summed E-state index contributed by atoms with van der Waals surface area (Å²) in [5.74, 6) is -0.164. The molecular formula is C43H64ClN3O6. The number of ketones is 1. The third kappa shape index (κ3) is 6.52. The molecule has 9 nitrogen and oxygen atoms in total. The molecule has 1 heterocycles. The second-order valence-corrected chi connectivity index (χ2v) is 19.6. The normalized spacial score (nSPS) is 36.5. The summed E-state index contributed by atoms with van der Waals surface area (Å²) in [7, 11) is 0. The first kappa shape index (κ1) is 41.2. The molecule has 0 aromatic carbocycles. The number of pyridine rings is 1. The second-order valence-electron chi connectivity index (χ2n) is 19.6. The number of nitrogens with one attached hydrogen (secondary N) is 2. The SMILES string of the molecule is CC(C)C1=C2[C@H]3CC[C@@H]4[C@@]5(C)CC[C@H](OC(=O)CC(C)(C)C(=O)O)C(C)(C)[C@@H]5CC[C@@]4(C)[C@]3(C)CC[C@@]2(NC(=O)NC(C)c2ccccn2)CC1=O.Cl. The molecule has 0 aliphatic heterocycles. The van der Waals surface area contributed by atoms with Crippen molar-refractivity contribution in [2.75, 3.05) is 0 Å². The van der Waals surface area contributed by atoms with Crippen molar-refractivity contribution in [3.63, 3.8) is 0 Å². The van der Waals surface area contributed by atoms with Crippen molar-refractivity contribution in [1.29, 1.82) is 0 Å². The van der Waals surface area contributed by atoms with Crippen LogP contribution in [0.25, 0.3) is 0 Å². The lowest BCUT2D eigenvalue weighted by molar-refractivity contribution is -0.232. The van der Waals surface area contributed by atoms with Gasteiger partial charge >= 0.3 is 18.0 Å². The fourth-order valence-corrected chi connectivity index (χ4v) is 12.7. The monoisotopic (exact) mass is 753 g/mol. The van der Waals surface area contributed by atoms with Gasteiger partial charge in [0.25, 0.3) is 0 Å². The standard InChI is InChI=1S/C43H63N3O6.ClH/c1-25(2)34-29(47)23-43(46-37(51)45-26(3)28-13-11-12-22-44-28)21-20-41(9)27(35(34)43)14-15-31-40(8)18-17-32(52-33(48)24-38(4,5)36(49)50)39(6,7)30(40)16-19-42(31,41)10;/h11-13,22,25-27,30-32H,14-21,23-24H2,1-10H3,(H,49,50)(H2,45,46,51);1H/t26?,27-,30+,31-,32+,40+,41-,42-,43-;/m1./s1. The van der Waals surface area contributed by atoms with Gasteiger partial charge in [0.1, 0.15) is 6.10 Å². The topological polar surface area (TPSA) is 135 Å². The Bertz CT molecular complexity index is 1660. The van der Waals surface area contributed by atoms with Crippen molar-refractivity contribution in [3.05, 3.63) is 41.2 Å². The van der Waals surface area contributed by atoms with E-state index >= 15 is 0 Å². The number of aliphatic carboxylic acids is 1. The highest BCUT2D eigenvalue weighted by atomic mass is 35.5. The van der Waals surface area contributed by atoms with Crippen LogP contribution in [0.15, 0.2) is 35.5 Å². The quantitative estimate of drug-likeness (QED) is 0.226. The third-order valence-corrected chi connectivity index (χ3v) is 15.6. The van der Waals surface area contributed by atoms with Gasteiger partial charge in [-0.25, -0.2) is 4.79 Å². The summed E-state index contributed by atoms with van der Waals surface area (Å²) in [5.41, 5.74) is 0.833. The van der Waals surface area contributed by atoms with E-state index in [9.17, 15) is 24.3 Å². The first-order valence-electron chi connectivity index (χ1n) is 19.8. The van der Waals surface area contributed by atoms with Crippen LogP contribution in [0.5, 0.6) is 0 Å². The van der Waals surface area contributed by atoms with Gasteiger partial charge in [-0.15, -0.1) is 12.4 Å². The number of nitrogens with zero attached hydrogens (tertiary/aromatic N) is 1. The van der Waals surface area contributed by atoms with Gasteiger partial charge in [0.05, 0.1) is 29.1 Å². The summed E-state index contributed by atoms with van der Waals surface area (Å²) in [6.45, 7) is 21.4. The van der Waals surface area contributed by atoms with E-state index in [0.29, 0.717) is 18.3 Å². The number of carboxylic acid groups (broad SMARTS) is 1. The Morgan fingerprint density at radius 3 is 2.26 bits per heavy atom. The van der Waals surface area contributed by atoms with Crippen molar-refractivity contribution < 1.29 is 29.0 Å². The van der Waals surface area contributed by atoms with Gasteiger partial charge < -0.3 is 20.5 Å². The van der Waals surface area contributed by atoms with Crippen molar-refractivity contribution in [2.45, 2.75) is 151 Å². The Kier molecular flexibility index (Phi) is 10.9. The van der Waals surface area contributed by atoms with Crippen LogP contribution in [0.2, 0.25) is 0 Å². The number of urea groups is 1. The summed E-state index contributed by atoms with van der Waals surface area (Å²) in [5, 5.41) is 16.1. The smallest absolute Gasteiger partial charge is 0.316 e. The molecule has 0 spiro atoms. The van der Waals surface area contributed by atoms with Gasteiger partial charge in [-0.2, -0.15) is 0 Å². The fraction of sp³-hybridized carbons (Fsp3) is 0.744. The number of rotatable bonds is 8. The number of carbonyl (C=O) groups is 4. The molecular weight excluding hydrogens is 690 g/mol. The lowest BCUT2D eigenvalue weighted by Crippen LogP contribution is -2.67. The van der Waals surface area contributed by atoms with E-state index in [0.717, 1.165) is 62.6 Å². The number of aromatic nitrogens is 1. The predicted octanol–water partition coefficient (Wildman–Crippen LogP) is 9.01. The number of allylic oxidation sites excluding steroid dienone is 1. The summed E-state index contributed by atoms with van der Waals surface area (Å²) < 4.78 is 6.15. The Labute approximate surface area is 323 Å². The number of ether oxygens (including phenoxy) is 1. The van der Waals surface area contributed by atoms with Gasteiger partial charge in [0.15, 0.2) is 5.78 Å². The minimum Gasteiger partial charge on any atom is -0.481 e. The molecule has 4 fully saturated rings. The lowest BCUT2D eigenvalue weighted by atomic mass is 9.33. The van der Waals surface area contributed by atoms with Crippen molar-refractivity contribution in [1.82, 2.24) is 15.6 Å². The number of carboxylic acids is 1. The van der Waals surface area contributed by atoms with Crippen LogP contribution in [-0.4, -0.2) is 45.5 Å². The van der Waals surface area contributed by atoms with E-state index in [1.165, 1.54) is 5.57 Å². The number of amides is 2. The van der Waals surface area contributed by atoms with Gasteiger partial charge in [0, 0.05) is 18.0 Å². The Morgan fingerprint density at radius 2 is 1.64 bits per heavy atom. The highest BCUT2D eigenvalue weighted by Crippen LogP contribution is 2.76. The molecule has 0 bridgehead atoms. The molecule has 53 heavy (non-hydrogen) atoms. The van der Waals surface area contributed by atoms with E-state index in [1.807, 2.05) is 25.1 Å². The first-order valence-corrected chi connectivity index (χ1v) is 19.8. The number of Topliss-reactive ketones (excluding diaryl/α,β-unsaturated/α-hetero) is 1. The Morgan fingerprint density at radius 1 is 0.943 bits per heavy atom. The highest BCUT2D eigenvalue weighted by Gasteiger charge is 2.70. The Balaban J connectivity index is 0.00000541. The van der Waals surface area contributed by atoms with Crippen LogP contribution in [0, 0.1) is 50.7 Å². The summed E-state index contributed by atoms with van der Waals surface area (Å²) in [6, 6.07) is 5.17. The van der Waals surface area contributed by atoms with Gasteiger partial charge in [-0.05, 0) is 135 Å². The van der Waals surface area contributed by atoms with Crippen LogP contribution >= 0.6 is 12.4 Å². The zero-order valence-electron chi connectivity index (χ0n) is 33.7. The van der Waals surface area contributed by atoms with Crippen LogP contribution in [-0.2, 0) is 19.1 Å². The van der Waals surface area contributed by atoms with Crippen molar-refractivity contribution in [3.8, 4) is 0 Å².